The standard InChI is InChI=1S/C11H12F3NO2/c1-3-17-11(16)6(2)15-7-4-8(12)10(14)9(13)5-7/h4-6,15H,3H2,1-2H3/t6-/m0/s1. The number of hydrogen-bond acceptors (Lipinski definition) is 3. The molecule has 1 aromatic carbocycles. The maximum absolute atomic E-state index is 12.9. The maximum Gasteiger partial charge on any atom is 0.328 e. The quantitative estimate of drug-likeness (QED) is 0.656. The van der Waals surface area contributed by atoms with Crippen molar-refractivity contribution in [3.05, 3.63) is 29.6 Å². The lowest BCUT2D eigenvalue weighted by Gasteiger charge is -2.14. The molecule has 94 valence electrons. The molecule has 3 nitrogen and oxygen atoms in total. The SMILES string of the molecule is CCOC(=O)[C@H](C)Nc1cc(F)c(F)c(F)c1. The van der Waals surface area contributed by atoms with E-state index in [1.807, 2.05) is 0 Å². The molecule has 0 saturated carbocycles. The Morgan fingerprint density at radius 3 is 2.35 bits per heavy atom. The van der Waals surface area contributed by atoms with Gasteiger partial charge in [-0.3, -0.25) is 0 Å². The number of esters is 1. The number of carbonyl (C=O) groups is 1. The summed E-state index contributed by atoms with van der Waals surface area (Å²) in [7, 11) is 0. The Hall–Kier alpha value is -1.72. The van der Waals surface area contributed by atoms with Crippen molar-refractivity contribution in [3.8, 4) is 0 Å². The van der Waals surface area contributed by atoms with Gasteiger partial charge in [0, 0.05) is 17.8 Å². The zero-order chi connectivity index (χ0) is 13.0. The molecule has 1 aromatic rings. The van der Waals surface area contributed by atoms with Gasteiger partial charge < -0.3 is 10.1 Å². The fourth-order valence-corrected chi connectivity index (χ4v) is 1.22. The van der Waals surface area contributed by atoms with Crippen LogP contribution in [0.3, 0.4) is 0 Å². The second kappa shape index (κ2) is 5.56. The molecule has 17 heavy (non-hydrogen) atoms. The molecule has 1 atom stereocenters. The van der Waals surface area contributed by atoms with Crippen molar-refractivity contribution < 1.29 is 22.7 Å². The summed E-state index contributed by atoms with van der Waals surface area (Å²) in [6, 6.07) is 0.765. The van der Waals surface area contributed by atoms with Crippen molar-refractivity contribution in [2.75, 3.05) is 11.9 Å². The minimum atomic E-state index is -1.54. The van der Waals surface area contributed by atoms with Crippen LogP contribution in [0.1, 0.15) is 13.8 Å². The third-order valence-corrected chi connectivity index (χ3v) is 2.01. The van der Waals surface area contributed by atoms with Crippen LogP contribution in [0.2, 0.25) is 0 Å². The third-order valence-electron chi connectivity index (χ3n) is 2.01. The van der Waals surface area contributed by atoms with Gasteiger partial charge >= 0.3 is 5.97 Å². The van der Waals surface area contributed by atoms with E-state index in [1.165, 1.54) is 6.92 Å². The molecule has 1 N–H and O–H groups in total. The summed E-state index contributed by atoms with van der Waals surface area (Å²) in [5.74, 6) is -4.73. The van der Waals surface area contributed by atoms with Crippen LogP contribution in [0.15, 0.2) is 12.1 Å². The highest BCUT2D eigenvalue weighted by molar-refractivity contribution is 5.78. The van der Waals surface area contributed by atoms with E-state index >= 15 is 0 Å². The highest BCUT2D eigenvalue weighted by Gasteiger charge is 2.16. The van der Waals surface area contributed by atoms with E-state index in [4.69, 9.17) is 4.74 Å². The first-order valence-electron chi connectivity index (χ1n) is 5.03. The van der Waals surface area contributed by atoms with Gasteiger partial charge in [-0.25, -0.2) is 18.0 Å². The van der Waals surface area contributed by atoms with Gasteiger partial charge in [-0.2, -0.15) is 0 Å². The Morgan fingerprint density at radius 1 is 1.35 bits per heavy atom. The maximum atomic E-state index is 12.9. The van der Waals surface area contributed by atoms with Gasteiger partial charge in [0.2, 0.25) is 0 Å². The number of ether oxygens (including phenoxy) is 1. The fourth-order valence-electron chi connectivity index (χ4n) is 1.22. The molecule has 0 aliphatic carbocycles. The lowest BCUT2D eigenvalue weighted by atomic mass is 10.2. The Labute approximate surface area is 96.6 Å². The highest BCUT2D eigenvalue weighted by Crippen LogP contribution is 2.18. The Kier molecular flexibility index (Phi) is 4.37. The summed E-state index contributed by atoms with van der Waals surface area (Å²) in [4.78, 5) is 11.2. The van der Waals surface area contributed by atoms with E-state index < -0.39 is 29.5 Å². The number of benzene rings is 1. The van der Waals surface area contributed by atoms with Crippen molar-refractivity contribution >= 4 is 11.7 Å². The number of anilines is 1. The van der Waals surface area contributed by atoms with Gasteiger partial charge in [0.15, 0.2) is 17.5 Å². The summed E-state index contributed by atoms with van der Waals surface area (Å²) >= 11 is 0. The Balaban J connectivity index is 2.78. The van der Waals surface area contributed by atoms with Gasteiger partial charge in [-0.1, -0.05) is 0 Å². The van der Waals surface area contributed by atoms with Crippen molar-refractivity contribution in [1.82, 2.24) is 0 Å². The molecule has 0 bridgehead atoms. The number of halogens is 3. The van der Waals surface area contributed by atoms with Gasteiger partial charge in [0.05, 0.1) is 6.61 Å². The molecule has 0 amide bonds. The van der Waals surface area contributed by atoms with Gasteiger partial charge in [-0.15, -0.1) is 0 Å². The molecule has 0 aliphatic heterocycles. The normalized spacial score (nSPS) is 12.1. The summed E-state index contributed by atoms with van der Waals surface area (Å²) in [5, 5.41) is 2.51. The zero-order valence-corrected chi connectivity index (χ0v) is 9.39. The average molecular weight is 247 g/mol. The smallest absolute Gasteiger partial charge is 0.328 e. The van der Waals surface area contributed by atoms with Gasteiger partial charge in [0.25, 0.3) is 0 Å². The van der Waals surface area contributed by atoms with E-state index in [1.54, 1.807) is 6.92 Å². The second-order valence-electron chi connectivity index (χ2n) is 3.37. The predicted octanol–water partition coefficient (Wildman–Crippen LogP) is 2.47. The van der Waals surface area contributed by atoms with E-state index in [2.05, 4.69) is 5.32 Å². The molecule has 0 aromatic heterocycles. The van der Waals surface area contributed by atoms with Crippen LogP contribution >= 0.6 is 0 Å². The first-order valence-corrected chi connectivity index (χ1v) is 5.03. The minimum Gasteiger partial charge on any atom is -0.464 e. The molecule has 0 saturated heterocycles. The number of carbonyl (C=O) groups excluding carboxylic acids is 1. The second-order valence-corrected chi connectivity index (χ2v) is 3.37. The number of nitrogens with one attached hydrogen (secondary N) is 1. The molecule has 0 aliphatic rings. The monoisotopic (exact) mass is 247 g/mol. The molecular weight excluding hydrogens is 235 g/mol. The molecule has 0 unspecified atom stereocenters. The lowest BCUT2D eigenvalue weighted by Crippen LogP contribution is -2.28. The topological polar surface area (TPSA) is 38.3 Å². The van der Waals surface area contributed by atoms with E-state index in [0.29, 0.717) is 0 Å². The van der Waals surface area contributed by atoms with Crippen LogP contribution in [0.25, 0.3) is 0 Å². The summed E-state index contributed by atoms with van der Waals surface area (Å²) in [6.07, 6.45) is 0. The molecule has 0 heterocycles. The minimum absolute atomic E-state index is 0.0260. The highest BCUT2D eigenvalue weighted by atomic mass is 19.2. The van der Waals surface area contributed by atoms with E-state index in [9.17, 15) is 18.0 Å². The van der Waals surface area contributed by atoms with E-state index in [0.717, 1.165) is 12.1 Å². The predicted molar refractivity (Wildman–Crippen MR) is 56.0 cm³/mol. The van der Waals surface area contributed by atoms with Crippen LogP contribution < -0.4 is 5.32 Å². The Morgan fingerprint density at radius 2 is 1.88 bits per heavy atom. The van der Waals surface area contributed by atoms with Crippen LogP contribution in [-0.2, 0) is 9.53 Å². The third kappa shape index (κ3) is 3.37. The molecule has 0 spiro atoms. The van der Waals surface area contributed by atoms with E-state index in [-0.39, 0.29) is 12.3 Å². The Bertz CT molecular complexity index is 400. The zero-order valence-electron chi connectivity index (χ0n) is 9.39. The van der Waals surface area contributed by atoms with Crippen LogP contribution in [0, 0.1) is 17.5 Å². The summed E-state index contributed by atoms with van der Waals surface area (Å²) in [5.41, 5.74) is -0.0260. The largest absolute Gasteiger partial charge is 0.464 e. The fraction of sp³-hybridized carbons (Fsp3) is 0.364. The number of rotatable bonds is 4. The van der Waals surface area contributed by atoms with Crippen molar-refractivity contribution in [1.29, 1.82) is 0 Å². The summed E-state index contributed by atoms with van der Waals surface area (Å²) in [6.45, 7) is 3.32. The molecular formula is C11H12F3NO2. The van der Waals surface area contributed by atoms with Crippen molar-refractivity contribution in [2.24, 2.45) is 0 Å². The van der Waals surface area contributed by atoms with Gasteiger partial charge in [0.1, 0.15) is 6.04 Å². The van der Waals surface area contributed by atoms with Gasteiger partial charge in [-0.05, 0) is 13.8 Å². The first-order chi connectivity index (χ1) is 7.95. The van der Waals surface area contributed by atoms with Crippen LogP contribution in [0.4, 0.5) is 18.9 Å². The molecule has 6 heteroatoms. The summed E-state index contributed by atoms with van der Waals surface area (Å²) < 4.78 is 43.1. The molecule has 0 radical (unpaired) electrons. The van der Waals surface area contributed by atoms with Crippen molar-refractivity contribution in [2.45, 2.75) is 19.9 Å². The van der Waals surface area contributed by atoms with Crippen LogP contribution in [-0.4, -0.2) is 18.6 Å². The van der Waals surface area contributed by atoms with Crippen LogP contribution in [0.5, 0.6) is 0 Å². The van der Waals surface area contributed by atoms with Crippen molar-refractivity contribution in [3.63, 3.8) is 0 Å². The molecule has 1 rings (SSSR count). The molecule has 0 fully saturated rings. The lowest BCUT2D eigenvalue weighted by molar-refractivity contribution is -0.143. The average Bonchev–Trinajstić information content (AvgIpc) is 2.26. The number of hydrogen-bond donors (Lipinski definition) is 1. The first kappa shape index (κ1) is 13.3.